The van der Waals surface area contributed by atoms with Crippen LogP contribution in [0.3, 0.4) is 0 Å². The summed E-state index contributed by atoms with van der Waals surface area (Å²) < 4.78 is 0.855. The van der Waals surface area contributed by atoms with Crippen molar-refractivity contribution in [2.24, 2.45) is 0 Å². The average molecular weight is 524 g/mol. The van der Waals surface area contributed by atoms with Gasteiger partial charge in [0.05, 0.1) is 11.3 Å². The molecule has 8 heteroatoms. The number of halogens is 1. The zero-order valence-electron chi connectivity index (χ0n) is 18.8. The van der Waals surface area contributed by atoms with Gasteiger partial charge in [0.15, 0.2) is 0 Å². The van der Waals surface area contributed by atoms with E-state index in [0.717, 1.165) is 15.6 Å². The van der Waals surface area contributed by atoms with Gasteiger partial charge in [-0.3, -0.25) is 19.7 Å². The summed E-state index contributed by atoms with van der Waals surface area (Å²) >= 11 is 3.46. The third-order valence-electron chi connectivity index (χ3n) is 5.39. The van der Waals surface area contributed by atoms with Gasteiger partial charge in [-0.1, -0.05) is 76.6 Å². The Balaban J connectivity index is 2.00. The van der Waals surface area contributed by atoms with Gasteiger partial charge in [0.1, 0.15) is 6.04 Å². The van der Waals surface area contributed by atoms with Crippen molar-refractivity contribution in [3.8, 4) is 0 Å². The molecule has 0 aromatic heterocycles. The maximum absolute atomic E-state index is 13.6. The Morgan fingerprint density at radius 1 is 1.00 bits per heavy atom. The molecule has 0 spiro atoms. The summed E-state index contributed by atoms with van der Waals surface area (Å²) in [5.74, 6) is -0.626. The zero-order chi connectivity index (χ0) is 24.5. The highest BCUT2D eigenvalue weighted by Crippen LogP contribution is 2.22. The lowest BCUT2D eigenvalue weighted by molar-refractivity contribution is -0.385. The molecule has 0 radical (unpaired) electrons. The van der Waals surface area contributed by atoms with Crippen molar-refractivity contribution in [2.75, 3.05) is 6.54 Å². The highest BCUT2D eigenvalue weighted by atomic mass is 79.9. The van der Waals surface area contributed by atoms with Gasteiger partial charge in [0, 0.05) is 35.6 Å². The minimum absolute atomic E-state index is 0.115. The van der Waals surface area contributed by atoms with Crippen LogP contribution in [0.5, 0.6) is 0 Å². The molecule has 7 nitrogen and oxygen atoms in total. The van der Waals surface area contributed by atoms with Gasteiger partial charge >= 0.3 is 0 Å². The summed E-state index contributed by atoms with van der Waals surface area (Å²) in [5.41, 5.74) is 1.95. The summed E-state index contributed by atoms with van der Waals surface area (Å²) in [5, 5.41) is 14.3. The second-order valence-electron chi connectivity index (χ2n) is 7.81. The predicted octanol–water partition coefficient (Wildman–Crippen LogP) is 4.68. The molecule has 0 unspecified atom stereocenters. The molecule has 1 atom stereocenters. The van der Waals surface area contributed by atoms with Gasteiger partial charge in [0.2, 0.25) is 11.8 Å². The average Bonchev–Trinajstić information content (AvgIpc) is 2.82. The minimum atomic E-state index is -0.781. The summed E-state index contributed by atoms with van der Waals surface area (Å²) in [6.45, 7) is 2.44. The number of likely N-dealkylation sites (N-methyl/N-ethyl adjacent to an activating group) is 1. The maximum atomic E-state index is 13.6. The van der Waals surface area contributed by atoms with Crippen LogP contribution in [0.25, 0.3) is 0 Å². The van der Waals surface area contributed by atoms with Crippen molar-refractivity contribution in [3.05, 3.63) is 110 Å². The molecule has 0 aliphatic rings. The number of benzene rings is 3. The molecule has 3 aromatic rings. The molecular weight excluding hydrogens is 498 g/mol. The molecule has 0 saturated carbocycles. The first-order valence-corrected chi connectivity index (χ1v) is 11.8. The number of nitro groups is 1. The molecule has 0 aliphatic heterocycles. The van der Waals surface area contributed by atoms with Gasteiger partial charge in [0.25, 0.3) is 5.69 Å². The second-order valence-corrected chi connectivity index (χ2v) is 8.73. The summed E-state index contributed by atoms with van der Waals surface area (Å²) in [4.78, 5) is 39.3. The highest BCUT2D eigenvalue weighted by Gasteiger charge is 2.31. The van der Waals surface area contributed by atoms with E-state index in [-0.39, 0.29) is 30.5 Å². The highest BCUT2D eigenvalue weighted by molar-refractivity contribution is 9.10. The number of carbonyl (C=O) groups is 2. The number of carbonyl (C=O) groups excluding carboxylic acids is 2. The van der Waals surface area contributed by atoms with E-state index >= 15 is 0 Å². The number of nitro benzene ring substituents is 1. The van der Waals surface area contributed by atoms with Crippen LogP contribution in [-0.2, 0) is 29.0 Å². The number of hydrogen-bond acceptors (Lipinski definition) is 4. The molecule has 0 saturated heterocycles. The third-order valence-corrected chi connectivity index (χ3v) is 5.89. The van der Waals surface area contributed by atoms with E-state index in [1.54, 1.807) is 18.2 Å². The van der Waals surface area contributed by atoms with E-state index < -0.39 is 11.0 Å². The van der Waals surface area contributed by atoms with Crippen LogP contribution in [0.2, 0.25) is 0 Å². The van der Waals surface area contributed by atoms with Crippen molar-refractivity contribution in [1.29, 1.82) is 0 Å². The molecule has 0 heterocycles. The van der Waals surface area contributed by atoms with Gasteiger partial charge in [-0.25, -0.2) is 0 Å². The molecule has 2 amide bonds. The maximum Gasteiger partial charge on any atom is 0.273 e. The second kappa shape index (κ2) is 12.1. The summed E-state index contributed by atoms with van der Waals surface area (Å²) in [7, 11) is 0. The molecule has 3 aromatic carbocycles. The van der Waals surface area contributed by atoms with Gasteiger partial charge < -0.3 is 10.2 Å². The van der Waals surface area contributed by atoms with Crippen LogP contribution in [0, 0.1) is 10.1 Å². The fourth-order valence-electron chi connectivity index (χ4n) is 3.78. The first kappa shape index (κ1) is 25.1. The number of hydrogen-bond donors (Lipinski definition) is 1. The minimum Gasteiger partial charge on any atom is -0.355 e. The third kappa shape index (κ3) is 6.74. The Morgan fingerprint density at radius 3 is 2.35 bits per heavy atom. The first-order valence-electron chi connectivity index (χ1n) is 11.0. The number of amides is 2. The fourth-order valence-corrected chi connectivity index (χ4v) is 4.23. The van der Waals surface area contributed by atoms with Crippen molar-refractivity contribution in [1.82, 2.24) is 10.2 Å². The number of rotatable bonds is 10. The standard InChI is InChI=1S/C26H26BrN3O4/c1-2-28-26(32)24(16-19-9-4-3-5-10-19)29(18-20-11-8-13-22(27)15-20)25(31)17-21-12-6-7-14-23(21)30(33)34/h3-15,24H,2,16-18H2,1H3,(H,28,32)/t24-/m1/s1. The lowest BCUT2D eigenvalue weighted by Gasteiger charge is -2.31. The molecule has 0 bridgehead atoms. The van der Waals surface area contributed by atoms with Crippen LogP contribution in [0.1, 0.15) is 23.6 Å². The normalized spacial score (nSPS) is 11.5. The van der Waals surface area contributed by atoms with Crippen LogP contribution in [0.4, 0.5) is 5.69 Å². The lowest BCUT2D eigenvalue weighted by Crippen LogP contribution is -2.51. The molecule has 0 fully saturated rings. The van der Waals surface area contributed by atoms with E-state index in [2.05, 4.69) is 21.2 Å². The monoisotopic (exact) mass is 523 g/mol. The Hall–Kier alpha value is -3.52. The van der Waals surface area contributed by atoms with Crippen molar-refractivity contribution in [2.45, 2.75) is 32.4 Å². The van der Waals surface area contributed by atoms with Crippen molar-refractivity contribution < 1.29 is 14.5 Å². The van der Waals surface area contributed by atoms with Gasteiger partial charge in [-0.05, 0) is 30.2 Å². The zero-order valence-corrected chi connectivity index (χ0v) is 20.4. The molecule has 3 rings (SSSR count). The Bertz CT molecular complexity index is 1150. The fraction of sp³-hybridized carbons (Fsp3) is 0.231. The van der Waals surface area contributed by atoms with E-state index in [0.29, 0.717) is 18.5 Å². The van der Waals surface area contributed by atoms with Gasteiger partial charge in [-0.2, -0.15) is 0 Å². The van der Waals surface area contributed by atoms with Crippen molar-refractivity contribution in [3.63, 3.8) is 0 Å². The smallest absolute Gasteiger partial charge is 0.273 e. The summed E-state index contributed by atoms with van der Waals surface area (Å²) in [6, 6.07) is 22.4. The molecule has 0 aliphatic carbocycles. The number of para-hydroxylation sites is 1. The van der Waals surface area contributed by atoms with Gasteiger partial charge in [-0.15, -0.1) is 0 Å². The Morgan fingerprint density at radius 2 is 1.68 bits per heavy atom. The van der Waals surface area contributed by atoms with E-state index in [4.69, 9.17) is 0 Å². The Kier molecular flexibility index (Phi) is 8.93. The lowest BCUT2D eigenvalue weighted by atomic mass is 10.0. The topological polar surface area (TPSA) is 92.6 Å². The van der Waals surface area contributed by atoms with Crippen LogP contribution in [-0.4, -0.2) is 34.2 Å². The Labute approximate surface area is 207 Å². The van der Waals surface area contributed by atoms with E-state index in [1.807, 2.05) is 61.5 Å². The summed E-state index contributed by atoms with van der Waals surface area (Å²) in [6.07, 6.45) is 0.138. The molecule has 176 valence electrons. The number of nitrogens with zero attached hydrogens (tertiary/aromatic N) is 2. The number of nitrogens with one attached hydrogen (secondary N) is 1. The quantitative estimate of drug-likeness (QED) is 0.308. The molecule has 1 N–H and O–H groups in total. The van der Waals surface area contributed by atoms with Crippen LogP contribution >= 0.6 is 15.9 Å². The van der Waals surface area contributed by atoms with Crippen LogP contribution in [0.15, 0.2) is 83.3 Å². The largest absolute Gasteiger partial charge is 0.355 e. The van der Waals surface area contributed by atoms with E-state index in [9.17, 15) is 19.7 Å². The van der Waals surface area contributed by atoms with Crippen molar-refractivity contribution >= 4 is 33.4 Å². The predicted molar refractivity (Wildman–Crippen MR) is 134 cm³/mol. The van der Waals surface area contributed by atoms with E-state index in [1.165, 1.54) is 11.0 Å². The SMILES string of the molecule is CCNC(=O)[C@@H](Cc1ccccc1)N(Cc1cccc(Br)c1)C(=O)Cc1ccccc1[N+](=O)[O-]. The molecule has 34 heavy (non-hydrogen) atoms. The first-order chi connectivity index (χ1) is 16.4. The van der Waals surface area contributed by atoms with Crippen LogP contribution < -0.4 is 5.32 Å². The molecular formula is C26H26BrN3O4.